The lowest BCUT2D eigenvalue weighted by Crippen LogP contribution is -2.42. The highest BCUT2D eigenvalue weighted by atomic mass is 127. The van der Waals surface area contributed by atoms with E-state index in [2.05, 4.69) is 30.5 Å². The molecule has 1 unspecified atom stereocenters. The minimum atomic E-state index is -0.396. The molecular formula is C21H27IN4O3. The average molecular weight is 510 g/mol. The lowest BCUT2D eigenvalue weighted by molar-refractivity contribution is -0.384. The zero-order valence-electron chi connectivity index (χ0n) is 16.6. The van der Waals surface area contributed by atoms with Gasteiger partial charge < -0.3 is 15.4 Å². The maximum atomic E-state index is 10.8. The van der Waals surface area contributed by atoms with Crippen LogP contribution in [0.25, 0.3) is 0 Å². The number of benzene rings is 2. The molecule has 7 nitrogen and oxygen atoms in total. The second kappa shape index (κ2) is 11.0. The van der Waals surface area contributed by atoms with Gasteiger partial charge in [0.25, 0.3) is 5.69 Å². The molecule has 2 aromatic carbocycles. The largest absolute Gasteiger partial charge is 0.493 e. The van der Waals surface area contributed by atoms with Crippen molar-refractivity contribution in [2.45, 2.75) is 32.9 Å². The molecule has 29 heavy (non-hydrogen) atoms. The van der Waals surface area contributed by atoms with E-state index in [-0.39, 0.29) is 35.7 Å². The van der Waals surface area contributed by atoms with Gasteiger partial charge in [-0.3, -0.25) is 10.1 Å². The van der Waals surface area contributed by atoms with Crippen LogP contribution in [0.4, 0.5) is 5.69 Å². The van der Waals surface area contributed by atoms with Gasteiger partial charge in [0, 0.05) is 30.7 Å². The van der Waals surface area contributed by atoms with Crippen molar-refractivity contribution in [3.63, 3.8) is 0 Å². The van der Waals surface area contributed by atoms with Gasteiger partial charge >= 0.3 is 0 Å². The van der Waals surface area contributed by atoms with Crippen LogP contribution in [0, 0.1) is 16.0 Å². The molecule has 1 atom stereocenters. The molecule has 0 bridgehead atoms. The van der Waals surface area contributed by atoms with Crippen LogP contribution in [0.1, 0.15) is 37.4 Å². The molecule has 0 spiro atoms. The first-order valence-corrected chi connectivity index (χ1v) is 9.53. The lowest BCUT2D eigenvalue weighted by atomic mass is 10.0. The summed E-state index contributed by atoms with van der Waals surface area (Å²) in [6.07, 6.45) is 0.858. The number of hydrogen-bond acceptors (Lipinski definition) is 4. The van der Waals surface area contributed by atoms with Gasteiger partial charge in [0.05, 0.1) is 24.1 Å². The van der Waals surface area contributed by atoms with Crippen molar-refractivity contribution < 1.29 is 9.66 Å². The summed E-state index contributed by atoms with van der Waals surface area (Å²) >= 11 is 0. The second-order valence-electron chi connectivity index (χ2n) is 7.24. The molecule has 8 heteroatoms. The summed E-state index contributed by atoms with van der Waals surface area (Å²) in [6, 6.07) is 14.7. The number of aliphatic imine (C=N–C) groups is 1. The predicted molar refractivity (Wildman–Crippen MR) is 125 cm³/mol. The van der Waals surface area contributed by atoms with Crippen molar-refractivity contribution in [1.29, 1.82) is 0 Å². The topological polar surface area (TPSA) is 88.8 Å². The number of ether oxygens (including phenoxy) is 1. The van der Waals surface area contributed by atoms with E-state index in [0.29, 0.717) is 19.1 Å². The predicted octanol–water partition coefficient (Wildman–Crippen LogP) is 4.43. The van der Waals surface area contributed by atoms with E-state index < -0.39 is 4.92 Å². The Balaban J connectivity index is 0.00000300. The first-order valence-electron chi connectivity index (χ1n) is 9.53. The number of fused-ring (bicyclic) bond motifs is 1. The van der Waals surface area contributed by atoms with Crippen molar-refractivity contribution in [2.75, 3.05) is 13.2 Å². The molecule has 2 N–H and O–H groups in total. The molecule has 0 fully saturated rings. The molecular weight excluding hydrogens is 483 g/mol. The molecule has 1 heterocycles. The molecule has 2 aromatic rings. The van der Waals surface area contributed by atoms with Gasteiger partial charge in [-0.15, -0.1) is 24.0 Å². The quantitative estimate of drug-likeness (QED) is 0.198. The number of nitrogens with one attached hydrogen (secondary N) is 2. The number of non-ortho nitro benzene ring substituents is 1. The van der Waals surface area contributed by atoms with Gasteiger partial charge in [-0.2, -0.15) is 0 Å². The molecule has 1 aliphatic rings. The fourth-order valence-corrected chi connectivity index (χ4v) is 3.00. The van der Waals surface area contributed by atoms with E-state index in [1.165, 1.54) is 12.1 Å². The van der Waals surface area contributed by atoms with Gasteiger partial charge in [-0.1, -0.05) is 44.2 Å². The monoisotopic (exact) mass is 510 g/mol. The van der Waals surface area contributed by atoms with Crippen molar-refractivity contribution in [2.24, 2.45) is 10.9 Å². The maximum absolute atomic E-state index is 10.8. The standard InChI is InChI=1S/C21H26N4O3.HI/c1-15(2)13-22-21(23-14-16-7-9-17(10-8-16)25(26)27)24-19-11-12-28-20-6-4-3-5-18(19)20;/h3-10,15,19H,11-14H2,1-2H3,(H2,22,23,24);1H. The van der Waals surface area contributed by atoms with Crippen LogP contribution in [0.15, 0.2) is 53.5 Å². The van der Waals surface area contributed by atoms with E-state index in [0.717, 1.165) is 35.8 Å². The van der Waals surface area contributed by atoms with Gasteiger partial charge in [-0.05, 0) is 17.5 Å². The second-order valence-corrected chi connectivity index (χ2v) is 7.24. The van der Waals surface area contributed by atoms with Crippen molar-refractivity contribution in [3.8, 4) is 5.75 Å². The third kappa shape index (κ3) is 6.59. The van der Waals surface area contributed by atoms with Crippen LogP contribution in [0.3, 0.4) is 0 Å². The average Bonchev–Trinajstić information content (AvgIpc) is 2.70. The zero-order valence-corrected chi connectivity index (χ0v) is 19.0. The number of nitro benzene ring substituents is 1. The van der Waals surface area contributed by atoms with Gasteiger partial charge in [0.15, 0.2) is 5.96 Å². The van der Waals surface area contributed by atoms with Gasteiger partial charge in [-0.25, -0.2) is 4.99 Å². The molecule has 0 amide bonds. The summed E-state index contributed by atoms with van der Waals surface area (Å²) < 4.78 is 5.74. The number of nitrogens with zero attached hydrogens (tertiary/aromatic N) is 2. The van der Waals surface area contributed by atoms with Crippen LogP contribution < -0.4 is 15.4 Å². The Bertz CT molecular complexity index is 840. The first kappa shape index (κ1) is 22.9. The highest BCUT2D eigenvalue weighted by Crippen LogP contribution is 2.31. The third-order valence-corrected chi connectivity index (χ3v) is 4.51. The molecule has 3 rings (SSSR count). The number of halogens is 1. The van der Waals surface area contributed by atoms with Crippen LogP contribution in [0.5, 0.6) is 5.75 Å². The fourth-order valence-electron chi connectivity index (χ4n) is 3.00. The Morgan fingerprint density at radius 3 is 2.66 bits per heavy atom. The molecule has 1 aliphatic heterocycles. The van der Waals surface area contributed by atoms with Crippen LogP contribution in [-0.2, 0) is 6.54 Å². The Kier molecular flexibility index (Phi) is 8.69. The van der Waals surface area contributed by atoms with Crippen molar-refractivity contribution in [3.05, 3.63) is 69.8 Å². The SMILES string of the molecule is CC(C)CNC(=NCc1ccc([N+](=O)[O-])cc1)NC1CCOc2ccccc21.I. The Labute approximate surface area is 188 Å². The fraction of sp³-hybridized carbons (Fsp3) is 0.381. The smallest absolute Gasteiger partial charge is 0.269 e. The van der Waals surface area contributed by atoms with Crippen molar-refractivity contribution in [1.82, 2.24) is 10.6 Å². The summed E-state index contributed by atoms with van der Waals surface area (Å²) in [4.78, 5) is 15.1. The van der Waals surface area contributed by atoms with Gasteiger partial charge in [0.2, 0.25) is 0 Å². The number of para-hydroxylation sites is 1. The van der Waals surface area contributed by atoms with Crippen LogP contribution in [-0.4, -0.2) is 24.0 Å². The molecule has 0 radical (unpaired) electrons. The number of guanidine groups is 1. The lowest BCUT2D eigenvalue weighted by Gasteiger charge is -2.28. The summed E-state index contributed by atoms with van der Waals surface area (Å²) in [6.45, 7) is 6.19. The minimum Gasteiger partial charge on any atom is -0.493 e. The van der Waals surface area contributed by atoms with Gasteiger partial charge in [0.1, 0.15) is 5.75 Å². The number of rotatable bonds is 6. The third-order valence-electron chi connectivity index (χ3n) is 4.51. The molecule has 0 aliphatic carbocycles. The maximum Gasteiger partial charge on any atom is 0.269 e. The van der Waals surface area contributed by atoms with Crippen LogP contribution >= 0.6 is 24.0 Å². The Morgan fingerprint density at radius 2 is 1.97 bits per heavy atom. The van der Waals surface area contributed by atoms with E-state index in [4.69, 9.17) is 9.73 Å². The summed E-state index contributed by atoms with van der Waals surface area (Å²) in [5.74, 6) is 2.12. The number of hydrogen-bond donors (Lipinski definition) is 2. The summed E-state index contributed by atoms with van der Waals surface area (Å²) in [7, 11) is 0. The zero-order chi connectivity index (χ0) is 19.9. The van der Waals surface area contributed by atoms with E-state index in [9.17, 15) is 10.1 Å². The van der Waals surface area contributed by atoms with E-state index in [1.54, 1.807) is 12.1 Å². The summed E-state index contributed by atoms with van der Waals surface area (Å²) in [5.41, 5.74) is 2.13. The molecule has 0 saturated carbocycles. The minimum absolute atomic E-state index is 0. The first-order chi connectivity index (χ1) is 13.5. The molecule has 0 saturated heterocycles. The normalized spacial score (nSPS) is 15.7. The van der Waals surface area contributed by atoms with Crippen LogP contribution in [0.2, 0.25) is 0 Å². The van der Waals surface area contributed by atoms with E-state index >= 15 is 0 Å². The highest BCUT2D eigenvalue weighted by molar-refractivity contribution is 14.0. The molecule has 0 aromatic heterocycles. The Hall–Kier alpha value is -2.36. The molecule has 156 valence electrons. The Morgan fingerprint density at radius 1 is 1.24 bits per heavy atom. The van der Waals surface area contributed by atoms with Crippen molar-refractivity contribution >= 4 is 35.6 Å². The van der Waals surface area contributed by atoms with E-state index in [1.807, 2.05) is 18.2 Å². The number of nitro groups is 1. The highest BCUT2D eigenvalue weighted by Gasteiger charge is 2.22. The summed E-state index contributed by atoms with van der Waals surface area (Å²) in [5, 5.41) is 17.7.